The van der Waals surface area contributed by atoms with Gasteiger partial charge in [0, 0.05) is 25.8 Å². The van der Waals surface area contributed by atoms with Crippen LogP contribution in [-0.2, 0) is 4.74 Å². The summed E-state index contributed by atoms with van der Waals surface area (Å²) < 4.78 is 5.25. The fourth-order valence-electron chi connectivity index (χ4n) is 3.42. The van der Waals surface area contributed by atoms with Crippen LogP contribution in [0.3, 0.4) is 0 Å². The van der Waals surface area contributed by atoms with Gasteiger partial charge in [-0.15, -0.1) is 0 Å². The maximum atomic E-state index is 12.9. The van der Waals surface area contributed by atoms with Crippen LogP contribution in [0.4, 0.5) is 0 Å². The Labute approximate surface area is 158 Å². The van der Waals surface area contributed by atoms with Crippen LogP contribution in [0.1, 0.15) is 28.8 Å². The summed E-state index contributed by atoms with van der Waals surface area (Å²) in [6, 6.07) is 14.9. The van der Waals surface area contributed by atoms with Crippen LogP contribution in [0.5, 0.6) is 0 Å². The molecule has 1 amide bonds. The molecule has 3 rings (SSSR count). The van der Waals surface area contributed by atoms with Gasteiger partial charge >= 0.3 is 0 Å². The molecule has 26 heavy (non-hydrogen) atoms. The number of halogens is 1. The number of amides is 1. The Morgan fingerprint density at radius 2 is 2.12 bits per heavy atom. The summed E-state index contributed by atoms with van der Waals surface area (Å²) in [7, 11) is 1.70. The van der Waals surface area contributed by atoms with Gasteiger partial charge in [-0.05, 0) is 54.2 Å². The summed E-state index contributed by atoms with van der Waals surface area (Å²) in [5.74, 6) is 0.450. The lowest BCUT2D eigenvalue weighted by atomic mass is 9.97. The number of rotatable bonds is 4. The molecule has 1 fully saturated rings. The Hall–Kier alpha value is -2.35. The molecule has 0 N–H and O–H groups in total. The Bertz CT molecular complexity index is 842. The SMILES string of the molecule is COCC1CCCN(C(=O)c2cccc(-c3ccc(C#N)c(Cl)c3)c2)C1. The fourth-order valence-corrected chi connectivity index (χ4v) is 3.64. The van der Waals surface area contributed by atoms with E-state index in [0.717, 1.165) is 37.1 Å². The molecule has 0 radical (unpaired) electrons. The number of methoxy groups -OCH3 is 1. The van der Waals surface area contributed by atoms with E-state index < -0.39 is 0 Å². The molecule has 1 aliphatic heterocycles. The molecule has 2 aromatic rings. The van der Waals surface area contributed by atoms with Crippen LogP contribution >= 0.6 is 11.6 Å². The van der Waals surface area contributed by atoms with E-state index in [1.165, 1.54) is 0 Å². The van der Waals surface area contributed by atoms with Gasteiger partial charge in [-0.2, -0.15) is 5.26 Å². The van der Waals surface area contributed by atoms with Gasteiger partial charge in [-0.1, -0.05) is 29.8 Å². The second kappa shape index (κ2) is 8.35. The van der Waals surface area contributed by atoms with Crippen LogP contribution < -0.4 is 0 Å². The van der Waals surface area contributed by atoms with Crippen LogP contribution in [0, 0.1) is 17.2 Å². The molecule has 1 aliphatic rings. The van der Waals surface area contributed by atoms with Crippen molar-refractivity contribution in [3.05, 3.63) is 58.6 Å². The van der Waals surface area contributed by atoms with Crippen molar-refractivity contribution in [1.29, 1.82) is 5.26 Å². The summed E-state index contributed by atoms with van der Waals surface area (Å²) in [5.41, 5.74) is 2.91. The topological polar surface area (TPSA) is 53.3 Å². The summed E-state index contributed by atoms with van der Waals surface area (Å²) in [6.07, 6.45) is 2.10. The monoisotopic (exact) mass is 368 g/mol. The highest BCUT2D eigenvalue weighted by Crippen LogP contribution is 2.27. The minimum atomic E-state index is 0.0485. The lowest BCUT2D eigenvalue weighted by Gasteiger charge is -2.32. The van der Waals surface area contributed by atoms with E-state index in [-0.39, 0.29) is 5.91 Å². The van der Waals surface area contributed by atoms with Gasteiger partial charge in [0.2, 0.25) is 0 Å². The zero-order valence-electron chi connectivity index (χ0n) is 14.7. The lowest BCUT2D eigenvalue weighted by molar-refractivity contribution is 0.0571. The van der Waals surface area contributed by atoms with Crippen molar-refractivity contribution >= 4 is 17.5 Å². The van der Waals surface area contributed by atoms with Gasteiger partial charge in [0.25, 0.3) is 5.91 Å². The highest BCUT2D eigenvalue weighted by Gasteiger charge is 2.24. The van der Waals surface area contributed by atoms with Crippen molar-refractivity contribution in [3.8, 4) is 17.2 Å². The standard InChI is InChI=1S/C21H21ClN2O2/c1-26-14-15-4-3-9-24(13-15)21(25)18-6-2-5-16(10-18)17-7-8-19(12-23)20(22)11-17/h2,5-8,10-11,15H,3-4,9,13-14H2,1H3. The molecule has 1 unspecified atom stereocenters. The number of piperidine rings is 1. The van der Waals surface area contributed by atoms with Gasteiger partial charge in [0.1, 0.15) is 6.07 Å². The number of nitriles is 1. The normalized spacial score (nSPS) is 17.0. The number of carbonyl (C=O) groups excluding carboxylic acids is 1. The third-order valence-electron chi connectivity index (χ3n) is 4.74. The van der Waals surface area contributed by atoms with E-state index in [0.29, 0.717) is 28.7 Å². The van der Waals surface area contributed by atoms with Crippen molar-refractivity contribution in [2.45, 2.75) is 12.8 Å². The average Bonchev–Trinajstić information content (AvgIpc) is 2.68. The molecule has 134 valence electrons. The highest BCUT2D eigenvalue weighted by atomic mass is 35.5. The van der Waals surface area contributed by atoms with Crippen LogP contribution in [-0.4, -0.2) is 37.6 Å². The molecule has 1 heterocycles. The van der Waals surface area contributed by atoms with Crippen molar-refractivity contribution < 1.29 is 9.53 Å². The van der Waals surface area contributed by atoms with Crippen molar-refractivity contribution in [2.75, 3.05) is 26.8 Å². The maximum absolute atomic E-state index is 12.9. The Kier molecular flexibility index (Phi) is 5.92. The van der Waals surface area contributed by atoms with Crippen molar-refractivity contribution in [1.82, 2.24) is 4.90 Å². The first-order valence-corrected chi connectivity index (χ1v) is 9.08. The van der Waals surface area contributed by atoms with E-state index in [9.17, 15) is 4.79 Å². The Balaban J connectivity index is 1.82. The number of carbonyl (C=O) groups is 1. The average molecular weight is 369 g/mol. The van der Waals surface area contributed by atoms with E-state index in [4.69, 9.17) is 21.6 Å². The second-order valence-electron chi connectivity index (χ2n) is 6.60. The van der Waals surface area contributed by atoms with Gasteiger partial charge < -0.3 is 9.64 Å². The molecule has 0 aliphatic carbocycles. The fraction of sp³-hybridized carbons (Fsp3) is 0.333. The quantitative estimate of drug-likeness (QED) is 0.804. The molecular formula is C21H21ClN2O2. The number of likely N-dealkylation sites (tertiary alicyclic amines) is 1. The van der Waals surface area contributed by atoms with Gasteiger partial charge in [0.15, 0.2) is 0 Å². The number of hydrogen-bond acceptors (Lipinski definition) is 3. The number of ether oxygens (including phenoxy) is 1. The molecular weight excluding hydrogens is 348 g/mol. The zero-order chi connectivity index (χ0) is 18.5. The first-order chi connectivity index (χ1) is 12.6. The summed E-state index contributed by atoms with van der Waals surface area (Å²) >= 11 is 6.14. The first kappa shape index (κ1) is 18.4. The van der Waals surface area contributed by atoms with Gasteiger partial charge in [0.05, 0.1) is 17.2 Å². The summed E-state index contributed by atoms with van der Waals surface area (Å²) in [5, 5.41) is 9.42. The molecule has 5 heteroatoms. The predicted octanol–water partition coefficient (Wildman–Crippen LogP) is 4.38. The van der Waals surface area contributed by atoms with Crippen LogP contribution in [0.2, 0.25) is 5.02 Å². The zero-order valence-corrected chi connectivity index (χ0v) is 15.5. The number of benzene rings is 2. The summed E-state index contributed by atoms with van der Waals surface area (Å²) in [6.45, 7) is 2.21. The molecule has 1 atom stereocenters. The predicted molar refractivity (Wildman–Crippen MR) is 102 cm³/mol. The highest BCUT2D eigenvalue weighted by molar-refractivity contribution is 6.32. The van der Waals surface area contributed by atoms with Crippen LogP contribution in [0.25, 0.3) is 11.1 Å². The van der Waals surface area contributed by atoms with Crippen LogP contribution in [0.15, 0.2) is 42.5 Å². The molecule has 0 saturated carbocycles. The Morgan fingerprint density at radius 3 is 2.85 bits per heavy atom. The lowest BCUT2D eigenvalue weighted by Crippen LogP contribution is -2.41. The van der Waals surface area contributed by atoms with E-state index in [1.54, 1.807) is 19.2 Å². The molecule has 0 aromatic heterocycles. The third-order valence-corrected chi connectivity index (χ3v) is 5.05. The van der Waals surface area contributed by atoms with Gasteiger partial charge in [-0.3, -0.25) is 4.79 Å². The molecule has 0 bridgehead atoms. The van der Waals surface area contributed by atoms with Crippen molar-refractivity contribution in [2.24, 2.45) is 5.92 Å². The minimum Gasteiger partial charge on any atom is -0.384 e. The molecule has 4 nitrogen and oxygen atoms in total. The molecule has 2 aromatic carbocycles. The van der Waals surface area contributed by atoms with E-state index in [2.05, 4.69) is 6.07 Å². The van der Waals surface area contributed by atoms with E-state index in [1.807, 2.05) is 35.2 Å². The first-order valence-electron chi connectivity index (χ1n) is 8.70. The molecule has 0 spiro atoms. The third kappa shape index (κ3) is 4.07. The largest absolute Gasteiger partial charge is 0.384 e. The van der Waals surface area contributed by atoms with Gasteiger partial charge in [-0.25, -0.2) is 0 Å². The second-order valence-corrected chi connectivity index (χ2v) is 7.01. The Morgan fingerprint density at radius 1 is 1.31 bits per heavy atom. The van der Waals surface area contributed by atoms with Crippen molar-refractivity contribution in [3.63, 3.8) is 0 Å². The number of nitrogens with zero attached hydrogens (tertiary/aromatic N) is 2. The summed E-state index contributed by atoms with van der Waals surface area (Å²) in [4.78, 5) is 14.8. The molecule has 1 saturated heterocycles. The van der Waals surface area contributed by atoms with E-state index >= 15 is 0 Å². The smallest absolute Gasteiger partial charge is 0.253 e. The maximum Gasteiger partial charge on any atom is 0.253 e. The number of hydrogen-bond donors (Lipinski definition) is 0. The minimum absolute atomic E-state index is 0.0485.